The van der Waals surface area contributed by atoms with Crippen molar-refractivity contribution >= 4 is 39.1 Å². The third-order valence-electron chi connectivity index (χ3n) is 2.83. The number of carbonyl (C=O) groups excluding carboxylic acids is 2. The number of rotatable bonds is 3. The van der Waals surface area contributed by atoms with Crippen molar-refractivity contribution in [2.45, 2.75) is 0 Å². The second-order valence-corrected chi connectivity index (χ2v) is 5.54. The van der Waals surface area contributed by atoms with Crippen molar-refractivity contribution in [1.82, 2.24) is 20.0 Å². The van der Waals surface area contributed by atoms with Gasteiger partial charge >= 0.3 is 0 Å². The summed E-state index contributed by atoms with van der Waals surface area (Å²) in [5.74, 6) is -0.443. The SMILES string of the molecule is CN(C)C(=O)CN(C)C(=O)c1sc2nnccc2c1N. The first-order valence-corrected chi connectivity index (χ1v) is 6.68. The van der Waals surface area contributed by atoms with Crippen LogP contribution in [0.3, 0.4) is 0 Å². The van der Waals surface area contributed by atoms with Gasteiger partial charge in [0.2, 0.25) is 5.91 Å². The largest absolute Gasteiger partial charge is 0.397 e. The molecule has 2 amide bonds. The summed E-state index contributed by atoms with van der Waals surface area (Å²) in [5, 5.41) is 8.41. The summed E-state index contributed by atoms with van der Waals surface area (Å²) in [6, 6.07) is 1.72. The fourth-order valence-electron chi connectivity index (χ4n) is 1.62. The van der Waals surface area contributed by atoms with Crippen molar-refractivity contribution < 1.29 is 9.59 Å². The summed E-state index contributed by atoms with van der Waals surface area (Å²) in [4.78, 5) is 27.7. The van der Waals surface area contributed by atoms with Gasteiger partial charge in [-0.3, -0.25) is 9.59 Å². The van der Waals surface area contributed by atoms with E-state index in [4.69, 9.17) is 5.73 Å². The van der Waals surface area contributed by atoms with Crippen LogP contribution in [0.1, 0.15) is 9.67 Å². The maximum atomic E-state index is 12.3. The molecule has 106 valence electrons. The molecule has 0 aliphatic carbocycles. The van der Waals surface area contributed by atoms with Gasteiger partial charge in [-0.1, -0.05) is 0 Å². The maximum absolute atomic E-state index is 12.3. The van der Waals surface area contributed by atoms with E-state index in [-0.39, 0.29) is 18.4 Å². The highest BCUT2D eigenvalue weighted by molar-refractivity contribution is 7.21. The van der Waals surface area contributed by atoms with Crippen LogP contribution in [0, 0.1) is 0 Å². The van der Waals surface area contributed by atoms with E-state index in [1.54, 1.807) is 27.2 Å². The lowest BCUT2D eigenvalue weighted by molar-refractivity contribution is -0.129. The summed E-state index contributed by atoms with van der Waals surface area (Å²) in [6.07, 6.45) is 1.53. The predicted octanol–water partition coefficient (Wildman–Crippen LogP) is 0.434. The Balaban J connectivity index is 2.27. The molecule has 0 atom stereocenters. The number of nitrogen functional groups attached to an aromatic ring is 1. The third-order valence-corrected chi connectivity index (χ3v) is 3.93. The zero-order chi connectivity index (χ0) is 14.9. The molecule has 0 spiro atoms. The third kappa shape index (κ3) is 2.55. The van der Waals surface area contributed by atoms with Crippen LogP contribution >= 0.6 is 11.3 Å². The highest BCUT2D eigenvalue weighted by Gasteiger charge is 2.22. The maximum Gasteiger partial charge on any atom is 0.266 e. The molecule has 7 nitrogen and oxygen atoms in total. The first-order valence-electron chi connectivity index (χ1n) is 5.87. The zero-order valence-electron chi connectivity index (χ0n) is 11.5. The molecule has 0 saturated carbocycles. The van der Waals surface area contributed by atoms with Gasteiger partial charge in [0.25, 0.3) is 5.91 Å². The quantitative estimate of drug-likeness (QED) is 0.886. The smallest absolute Gasteiger partial charge is 0.266 e. The van der Waals surface area contributed by atoms with Crippen LogP contribution in [0.5, 0.6) is 0 Å². The van der Waals surface area contributed by atoms with E-state index in [2.05, 4.69) is 10.2 Å². The molecule has 2 aromatic rings. The van der Waals surface area contributed by atoms with Gasteiger partial charge in [-0.15, -0.1) is 16.4 Å². The van der Waals surface area contributed by atoms with E-state index >= 15 is 0 Å². The summed E-state index contributed by atoms with van der Waals surface area (Å²) < 4.78 is 0. The second kappa shape index (κ2) is 5.41. The lowest BCUT2D eigenvalue weighted by Gasteiger charge is -2.18. The molecule has 0 aliphatic heterocycles. The number of aromatic nitrogens is 2. The fraction of sp³-hybridized carbons (Fsp3) is 0.333. The highest BCUT2D eigenvalue weighted by Crippen LogP contribution is 2.32. The van der Waals surface area contributed by atoms with Crippen molar-refractivity contribution in [3.8, 4) is 0 Å². The highest BCUT2D eigenvalue weighted by atomic mass is 32.1. The summed E-state index contributed by atoms with van der Waals surface area (Å²) >= 11 is 1.18. The minimum Gasteiger partial charge on any atom is -0.397 e. The average Bonchev–Trinajstić information content (AvgIpc) is 2.75. The van der Waals surface area contributed by atoms with E-state index in [0.717, 1.165) is 0 Å². The van der Waals surface area contributed by atoms with E-state index in [9.17, 15) is 9.59 Å². The number of fused-ring (bicyclic) bond motifs is 1. The van der Waals surface area contributed by atoms with Crippen LogP contribution in [-0.4, -0.2) is 59.5 Å². The van der Waals surface area contributed by atoms with Gasteiger partial charge in [0, 0.05) is 26.5 Å². The van der Waals surface area contributed by atoms with Crippen molar-refractivity contribution in [3.63, 3.8) is 0 Å². The van der Waals surface area contributed by atoms with Crippen molar-refractivity contribution in [2.24, 2.45) is 0 Å². The first-order chi connectivity index (χ1) is 9.41. The minimum absolute atomic E-state index is 0.00516. The van der Waals surface area contributed by atoms with Crippen LogP contribution in [0.15, 0.2) is 12.3 Å². The molecule has 2 aromatic heterocycles. The molecule has 0 fully saturated rings. The van der Waals surface area contributed by atoms with Crippen molar-refractivity contribution in [1.29, 1.82) is 0 Å². The van der Waals surface area contributed by atoms with Crippen molar-refractivity contribution in [3.05, 3.63) is 17.1 Å². The number of likely N-dealkylation sites (N-methyl/N-ethyl adjacent to an activating group) is 2. The lowest BCUT2D eigenvalue weighted by Crippen LogP contribution is -2.37. The first kappa shape index (κ1) is 14.2. The van der Waals surface area contributed by atoms with Gasteiger partial charge < -0.3 is 15.5 Å². The van der Waals surface area contributed by atoms with Crippen LogP contribution in [0.2, 0.25) is 0 Å². The second-order valence-electron chi connectivity index (χ2n) is 4.54. The number of anilines is 1. The summed E-state index contributed by atoms with van der Waals surface area (Å²) in [6.45, 7) is 0.00516. The summed E-state index contributed by atoms with van der Waals surface area (Å²) in [5.41, 5.74) is 6.35. The van der Waals surface area contributed by atoms with Crippen LogP contribution in [0.25, 0.3) is 10.2 Å². The van der Waals surface area contributed by atoms with E-state index in [1.165, 1.54) is 27.3 Å². The van der Waals surface area contributed by atoms with Crippen LogP contribution in [0.4, 0.5) is 5.69 Å². The number of hydrogen-bond acceptors (Lipinski definition) is 6. The molecule has 8 heteroatoms. The van der Waals surface area contributed by atoms with Gasteiger partial charge in [0.15, 0.2) is 0 Å². The van der Waals surface area contributed by atoms with Crippen LogP contribution < -0.4 is 5.73 Å². The number of hydrogen-bond donors (Lipinski definition) is 1. The number of amides is 2. The molecule has 0 aromatic carbocycles. The molecule has 2 heterocycles. The molecule has 0 aliphatic rings. The Morgan fingerprint density at radius 1 is 1.35 bits per heavy atom. The minimum atomic E-state index is -0.291. The van der Waals surface area contributed by atoms with Gasteiger partial charge in [0.05, 0.1) is 18.4 Å². The Hall–Kier alpha value is -2.22. The van der Waals surface area contributed by atoms with E-state index < -0.39 is 0 Å². The molecule has 0 saturated heterocycles. The lowest BCUT2D eigenvalue weighted by atomic mass is 10.2. The number of nitrogens with zero attached hydrogens (tertiary/aromatic N) is 4. The van der Waals surface area contributed by atoms with Gasteiger partial charge in [-0.2, -0.15) is 5.10 Å². The Bertz CT molecular complexity index is 667. The van der Waals surface area contributed by atoms with Gasteiger partial charge in [-0.05, 0) is 6.07 Å². The molecule has 0 radical (unpaired) electrons. The van der Waals surface area contributed by atoms with Crippen molar-refractivity contribution in [2.75, 3.05) is 33.4 Å². The Kier molecular flexibility index (Phi) is 3.84. The Labute approximate surface area is 120 Å². The molecule has 20 heavy (non-hydrogen) atoms. The normalized spacial score (nSPS) is 10.6. The topological polar surface area (TPSA) is 92.4 Å². The standard InChI is InChI=1S/C12H15N5O2S/c1-16(2)8(18)6-17(3)12(19)10-9(13)7-4-5-14-15-11(7)20-10/h4-5H,6,13H2,1-3H3. The number of thiophene rings is 1. The monoisotopic (exact) mass is 293 g/mol. The molecule has 2 N–H and O–H groups in total. The predicted molar refractivity (Wildman–Crippen MR) is 77.5 cm³/mol. The van der Waals surface area contributed by atoms with E-state index in [0.29, 0.717) is 20.8 Å². The number of nitrogens with two attached hydrogens (primary N) is 1. The Morgan fingerprint density at radius 3 is 2.65 bits per heavy atom. The summed E-state index contributed by atoms with van der Waals surface area (Å²) in [7, 11) is 4.85. The van der Waals surface area contributed by atoms with Crippen LogP contribution in [-0.2, 0) is 4.79 Å². The molecular weight excluding hydrogens is 278 g/mol. The molecule has 0 bridgehead atoms. The number of carbonyl (C=O) groups is 2. The van der Waals surface area contributed by atoms with Gasteiger partial charge in [-0.25, -0.2) is 0 Å². The van der Waals surface area contributed by atoms with E-state index in [1.807, 2.05) is 0 Å². The fourth-order valence-corrected chi connectivity index (χ4v) is 2.65. The average molecular weight is 293 g/mol. The molecular formula is C12H15N5O2S. The van der Waals surface area contributed by atoms with Gasteiger partial charge in [0.1, 0.15) is 9.71 Å². The zero-order valence-corrected chi connectivity index (χ0v) is 12.3. The Morgan fingerprint density at radius 2 is 2.05 bits per heavy atom. The molecule has 2 rings (SSSR count). The molecule has 0 unspecified atom stereocenters.